The van der Waals surface area contributed by atoms with Crippen molar-refractivity contribution in [3.8, 4) is 0 Å². The van der Waals surface area contributed by atoms with Gasteiger partial charge in [0.2, 0.25) is 0 Å². The molecule has 0 bridgehead atoms. The smallest absolute Gasteiger partial charge is 0.140 e. The highest BCUT2D eigenvalue weighted by Crippen LogP contribution is 2.12. The van der Waals surface area contributed by atoms with Crippen LogP contribution in [0.4, 0.5) is 5.69 Å². The van der Waals surface area contributed by atoms with E-state index in [1.807, 2.05) is 36.6 Å². The first-order valence-corrected chi connectivity index (χ1v) is 6.78. The lowest BCUT2D eigenvalue weighted by Gasteiger charge is -2.01. The summed E-state index contributed by atoms with van der Waals surface area (Å²) in [5, 5.41) is 2.88. The highest BCUT2D eigenvalue weighted by molar-refractivity contribution is 7.09. The first-order valence-electron chi connectivity index (χ1n) is 5.90. The molecule has 94 valence electrons. The Bertz CT molecular complexity index is 548. The molecule has 18 heavy (non-hydrogen) atoms. The summed E-state index contributed by atoms with van der Waals surface area (Å²) >= 11 is 1.55. The Morgan fingerprint density at radius 1 is 1.44 bits per heavy atom. The van der Waals surface area contributed by atoms with Crippen molar-refractivity contribution in [1.29, 1.82) is 0 Å². The molecule has 0 saturated heterocycles. The minimum atomic E-state index is 0.228. The first-order chi connectivity index (χ1) is 8.63. The molecule has 0 aliphatic rings. The second kappa shape index (κ2) is 5.78. The lowest BCUT2D eigenvalue weighted by atomic mass is 10.1. The normalized spacial score (nSPS) is 10.5. The van der Waals surface area contributed by atoms with Gasteiger partial charge in [-0.05, 0) is 31.0 Å². The highest BCUT2D eigenvalue weighted by atomic mass is 32.1. The van der Waals surface area contributed by atoms with E-state index in [0.717, 1.165) is 28.4 Å². The summed E-state index contributed by atoms with van der Waals surface area (Å²) in [7, 11) is 0. The maximum atomic E-state index is 11.8. The van der Waals surface area contributed by atoms with Crippen molar-refractivity contribution < 1.29 is 4.79 Å². The van der Waals surface area contributed by atoms with Crippen LogP contribution in [0.3, 0.4) is 0 Å². The van der Waals surface area contributed by atoms with Gasteiger partial charge in [-0.2, -0.15) is 0 Å². The topological polar surface area (TPSA) is 56.0 Å². The molecule has 3 nitrogen and oxygen atoms in total. The van der Waals surface area contributed by atoms with Gasteiger partial charge in [0, 0.05) is 23.2 Å². The van der Waals surface area contributed by atoms with Gasteiger partial charge in [0.05, 0.1) is 6.42 Å². The zero-order valence-electron chi connectivity index (χ0n) is 10.3. The third-order valence-electron chi connectivity index (χ3n) is 2.66. The Hall–Kier alpha value is -1.68. The largest absolute Gasteiger partial charge is 0.399 e. The van der Waals surface area contributed by atoms with Crippen molar-refractivity contribution in [1.82, 2.24) is 4.98 Å². The number of carbonyl (C=O) groups is 1. The van der Waals surface area contributed by atoms with E-state index in [1.54, 1.807) is 11.3 Å². The SMILES string of the molecule is Cc1csc(CC(=O)CCc2cccc(N)c2)n1. The van der Waals surface area contributed by atoms with E-state index in [4.69, 9.17) is 5.73 Å². The molecule has 1 aromatic heterocycles. The number of nitrogen functional groups attached to an aromatic ring is 1. The van der Waals surface area contributed by atoms with Gasteiger partial charge in [0.15, 0.2) is 0 Å². The van der Waals surface area contributed by atoms with Crippen LogP contribution in [0, 0.1) is 6.92 Å². The standard InChI is InChI=1S/C14H16N2OS/c1-10-9-18-14(16-10)8-13(17)6-5-11-3-2-4-12(15)7-11/h2-4,7,9H,5-6,8,15H2,1H3. The Morgan fingerprint density at radius 3 is 2.94 bits per heavy atom. The van der Waals surface area contributed by atoms with E-state index < -0.39 is 0 Å². The quantitative estimate of drug-likeness (QED) is 0.841. The molecule has 0 spiro atoms. The van der Waals surface area contributed by atoms with Gasteiger partial charge < -0.3 is 5.73 Å². The molecule has 0 atom stereocenters. The summed E-state index contributed by atoms with van der Waals surface area (Å²) in [5.41, 5.74) is 8.54. The van der Waals surface area contributed by atoms with Crippen LogP contribution in [-0.4, -0.2) is 10.8 Å². The molecule has 0 amide bonds. The van der Waals surface area contributed by atoms with Crippen LogP contribution in [0.2, 0.25) is 0 Å². The van der Waals surface area contributed by atoms with Gasteiger partial charge in [-0.25, -0.2) is 4.98 Å². The van der Waals surface area contributed by atoms with Gasteiger partial charge in [0.1, 0.15) is 10.8 Å². The molecule has 4 heteroatoms. The predicted octanol–water partition coefficient (Wildman–Crippen LogP) is 2.78. The van der Waals surface area contributed by atoms with Gasteiger partial charge in [0.25, 0.3) is 0 Å². The number of anilines is 1. The number of aromatic nitrogens is 1. The maximum absolute atomic E-state index is 11.8. The number of Topliss-reactive ketones (excluding diaryl/α,β-unsaturated/α-hetero) is 1. The molecule has 0 aliphatic carbocycles. The molecule has 2 N–H and O–H groups in total. The Morgan fingerprint density at radius 2 is 2.28 bits per heavy atom. The van der Waals surface area contributed by atoms with E-state index >= 15 is 0 Å². The fourth-order valence-electron chi connectivity index (χ4n) is 1.77. The van der Waals surface area contributed by atoms with Crippen LogP contribution in [0.25, 0.3) is 0 Å². The van der Waals surface area contributed by atoms with Crippen molar-refractivity contribution in [2.45, 2.75) is 26.2 Å². The third-order valence-corrected chi connectivity index (χ3v) is 3.63. The van der Waals surface area contributed by atoms with Crippen molar-refractivity contribution >= 4 is 22.8 Å². The van der Waals surface area contributed by atoms with Gasteiger partial charge in [-0.3, -0.25) is 4.79 Å². The number of aryl methyl sites for hydroxylation is 2. The van der Waals surface area contributed by atoms with Crippen molar-refractivity contribution in [2.75, 3.05) is 5.73 Å². The van der Waals surface area contributed by atoms with Crippen LogP contribution in [-0.2, 0) is 17.6 Å². The number of hydrogen-bond donors (Lipinski definition) is 1. The van der Waals surface area contributed by atoms with Crippen molar-refractivity contribution in [3.63, 3.8) is 0 Å². The van der Waals surface area contributed by atoms with E-state index in [-0.39, 0.29) is 5.78 Å². The Balaban J connectivity index is 1.85. The van der Waals surface area contributed by atoms with E-state index in [2.05, 4.69) is 4.98 Å². The van der Waals surface area contributed by atoms with Crippen LogP contribution < -0.4 is 5.73 Å². The number of hydrogen-bond acceptors (Lipinski definition) is 4. The highest BCUT2D eigenvalue weighted by Gasteiger charge is 2.07. The molecule has 0 unspecified atom stereocenters. The van der Waals surface area contributed by atoms with Crippen LogP contribution in [0.5, 0.6) is 0 Å². The molecule has 0 aliphatic heterocycles. The number of thiazole rings is 1. The maximum Gasteiger partial charge on any atom is 0.140 e. The molecule has 2 aromatic rings. The van der Waals surface area contributed by atoms with E-state index in [9.17, 15) is 4.79 Å². The monoisotopic (exact) mass is 260 g/mol. The molecular formula is C14H16N2OS. The summed E-state index contributed by atoms with van der Waals surface area (Å²) < 4.78 is 0. The Kier molecular flexibility index (Phi) is 4.10. The number of carbonyl (C=O) groups excluding carboxylic acids is 1. The van der Waals surface area contributed by atoms with Gasteiger partial charge in [-0.1, -0.05) is 12.1 Å². The number of ketones is 1. The summed E-state index contributed by atoms with van der Waals surface area (Å²) in [5.74, 6) is 0.228. The molecule has 1 heterocycles. The van der Waals surface area contributed by atoms with Crippen LogP contribution >= 0.6 is 11.3 Å². The molecule has 0 fully saturated rings. The summed E-state index contributed by atoms with van der Waals surface area (Å²) in [6.45, 7) is 1.94. The number of nitrogens with zero attached hydrogens (tertiary/aromatic N) is 1. The minimum absolute atomic E-state index is 0.228. The number of rotatable bonds is 5. The number of benzene rings is 1. The van der Waals surface area contributed by atoms with Gasteiger partial charge in [-0.15, -0.1) is 11.3 Å². The Labute approximate surface area is 111 Å². The van der Waals surface area contributed by atoms with Crippen LogP contribution in [0.15, 0.2) is 29.6 Å². The zero-order chi connectivity index (χ0) is 13.0. The average molecular weight is 260 g/mol. The van der Waals surface area contributed by atoms with E-state index in [0.29, 0.717) is 12.8 Å². The van der Waals surface area contributed by atoms with Crippen LogP contribution in [0.1, 0.15) is 22.7 Å². The fourth-order valence-corrected chi connectivity index (χ4v) is 2.57. The second-order valence-corrected chi connectivity index (χ2v) is 5.29. The second-order valence-electron chi connectivity index (χ2n) is 4.34. The third kappa shape index (κ3) is 3.67. The molecule has 0 radical (unpaired) electrons. The predicted molar refractivity (Wildman–Crippen MR) is 74.7 cm³/mol. The van der Waals surface area contributed by atoms with Crippen molar-refractivity contribution in [3.05, 3.63) is 45.9 Å². The summed E-state index contributed by atoms with van der Waals surface area (Å²) in [4.78, 5) is 16.1. The number of nitrogens with two attached hydrogens (primary N) is 1. The van der Waals surface area contributed by atoms with Crippen molar-refractivity contribution in [2.24, 2.45) is 0 Å². The minimum Gasteiger partial charge on any atom is -0.399 e. The summed E-state index contributed by atoms with van der Waals surface area (Å²) in [6, 6.07) is 7.68. The lowest BCUT2D eigenvalue weighted by Crippen LogP contribution is -2.04. The van der Waals surface area contributed by atoms with Gasteiger partial charge >= 0.3 is 0 Å². The molecule has 0 saturated carbocycles. The molecular weight excluding hydrogens is 244 g/mol. The molecule has 1 aromatic carbocycles. The fraction of sp³-hybridized carbons (Fsp3) is 0.286. The summed E-state index contributed by atoms with van der Waals surface area (Å²) in [6.07, 6.45) is 1.73. The lowest BCUT2D eigenvalue weighted by molar-refractivity contribution is -0.118. The van der Waals surface area contributed by atoms with E-state index in [1.165, 1.54) is 0 Å². The first kappa shape index (κ1) is 12.8. The molecule has 2 rings (SSSR count). The average Bonchev–Trinajstić information content (AvgIpc) is 2.72. The zero-order valence-corrected chi connectivity index (χ0v) is 11.2.